The van der Waals surface area contributed by atoms with E-state index in [0.717, 1.165) is 6.42 Å². The van der Waals surface area contributed by atoms with Gasteiger partial charge < -0.3 is 0 Å². The second kappa shape index (κ2) is 4.30. The average molecular weight is 126 g/mol. The van der Waals surface area contributed by atoms with Crippen LogP contribution in [-0.4, -0.2) is 5.78 Å². The van der Waals surface area contributed by atoms with Crippen LogP contribution in [0.5, 0.6) is 0 Å². The number of hydrogen-bond acceptors (Lipinski definition) is 1. The van der Waals surface area contributed by atoms with Crippen molar-refractivity contribution in [2.75, 3.05) is 0 Å². The normalized spacial score (nSPS) is 14.1. The van der Waals surface area contributed by atoms with Gasteiger partial charge in [-0.05, 0) is 19.4 Å². The molecular formula is C8H14O. The SMILES string of the molecule is CC=CC(=O)[C@H](C)CC. The van der Waals surface area contributed by atoms with Crippen LogP contribution in [-0.2, 0) is 4.79 Å². The van der Waals surface area contributed by atoms with Gasteiger partial charge in [0.2, 0.25) is 0 Å². The predicted octanol–water partition coefficient (Wildman–Crippen LogP) is 2.18. The first kappa shape index (κ1) is 8.41. The van der Waals surface area contributed by atoms with Gasteiger partial charge in [-0.3, -0.25) is 4.79 Å². The van der Waals surface area contributed by atoms with Gasteiger partial charge in [0.15, 0.2) is 5.78 Å². The lowest BCUT2D eigenvalue weighted by Crippen LogP contribution is -2.05. The van der Waals surface area contributed by atoms with Crippen LogP contribution in [0.4, 0.5) is 0 Å². The minimum absolute atomic E-state index is 0.196. The topological polar surface area (TPSA) is 17.1 Å². The molecule has 0 unspecified atom stereocenters. The Hall–Kier alpha value is -0.590. The average Bonchev–Trinajstić information content (AvgIpc) is 1.87. The second-order valence-electron chi connectivity index (χ2n) is 2.21. The summed E-state index contributed by atoms with van der Waals surface area (Å²) in [6.45, 7) is 5.83. The lowest BCUT2D eigenvalue weighted by Gasteiger charge is -2.00. The summed E-state index contributed by atoms with van der Waals surface area (Å²) >= 11 is 0. The highest BCUT2D eigenvalue weighted by atomic mass is 16.1. The minimum Gasteiger partial charge on any atom is -0.295 e. The molecule has 1 heteroatoms. The Morgan fingerprint density at radius 3 is 2.56 bits per heavy atom. The highest BCUT2D eigenvalue weighted by Crippen LogP contribution is 2.01. The highest BCUT2D eigenvalue weighted by molar-refractivity contribution is 5.91. The van der Waals surface area contributed by atoms with E-state index in [1.807, 2.05) is 20.8 Å². The number of ketones is 1. The van der Waals surface area contributed by atoms with Gasteiger partial charge in [-0.2, -0.15) is 0 Å². The van der Waals surface area contributed by atoms with Crippen LogP contribution >= 0.6 is 0 Å². The molecule has 0 aromatic rings. The number of rotatable bonds is 3. The Balaban J connectivity index is 3.73. The van der Waals surface area contributed by atoms with E-state index in [1.165, 1.54) is 0 Å². The second-order valence-corrected chi connectivity index (χ2v) is 2.21. The summed E-state index contributed by atoms with van der Waals surface area (Å²) in [7, 11) is 0. The number of carbonyl (C=O) groups excluding carboxylic acids is 1. The number of allylic oxidation sites excluding steroid dienone is 2. The number of carbonyl (C=O) groups is 1. The lowest BCUT2D eigenvalue weighted by molar-refractivity contribution is -0.117. The van der Waals surface area contributed by atoms with Gasteiger partial charge in [0.05, 0.1) is 0 Å². The molecule has 0 aliphatic carbocycles. The Kier molecular flexibility index (Phi) is 4.02. The zero-order chi connectivity index (χ0) is 7.28. The van der Waals surface area contributed by atoms with Crippen molar-refractivity contribution in [3.05, 3.63) is 12.2 Å². The van der Waals surface area contributed by atoms with E-state index in [0.29, 0.717) is 0 Å². The van der Waals surface area contributed by atoms with E-state index in [9.17, 15) is 4.79 Å². The molecule has 0 rings (SSSR count). The molecule has 0 amide bonds. The summed E-state index contributed by atoms with van der Waals surface area (Å²) in [4.78, 5) is 10.9. The van der Waals surface area contributed by atoms with E-state index in [2.05, 4.69) is 0 Å². The molecule has 9 heavy (non-hydrogen) atoms. The van der Waals surface area contributed by atoms with E-state index >= 15 is 0 Å². The van der Waals surface area contributed by atoms with Crippen molar-refractivity contribution >= 4 is 5.78 Å². The molecular weight excluding hydrogens is 112 g/mol. The lowest BCUT2D eigenvalue weighted by atomic mass is 10.0. The molecule has 52 valence electrons. The molecule has 0 aliphatic rings. The van der Waals surface area contributed by atoms with Crippen molar-refractivity contribution in [1.82, 2.24) is 0 Å². The van der Waals surface area contributed by atoms with Gasteiger partial charge >= 0.3 is 0 Å². The maximum absolute atomic E-state index is 10.9. The van der Waals surface area contributed by atoms with Crippen LogP contribution in [0.1, 0.15) is 27.2 Å². The molecule has 0 aromatic heterocycles. The highest BCUT2D eigenvalue weighted by Gasteiger charge is 2.04. The Labute approximate surface area is 56.8 Å². The van der Waals surface area contributed by atoms with Crippen LogP contribution < -0.4 is 0 Å². The summed E-state index contributed by atoms with van der Waals surface area (Å²) in [6, 6.07) is 0. The fraction of sp³-hybridized carbons (Fsp3) is 0.625. The standard InChI is InChI=1S/C8H14O/c1-4-6-8(9)7(3)5-2/h4,6-7H,5H2,1-3H3/t7-/m1/s1. The van der Waals surface area contributed by atoms with Gasteiger partial charge in [0, 0.05) is 5.92 Å². The monoisotopic (exact) mass is 126 g/mol. The third kappa shape index (κ3) is 3.07. The Bertz CT molecular complexity index is 114. The molecule has 0 fully saturated rings. The molecule has 1 atom stereocenters. The summed E-state index contributed by atoms with van der Waals surface area (Å²) in [5.74, 6) is 0.432. The maximum atomic E-state index is 10.9. The van der Waals surface area contributed by atoms with E-state index in [1.54, 1.807) is 12.2 Å². The first-order chi connectivity index (χ1) is 4.22. The Morgan fingerprint density at radius 1 is 1.67 bits per heavy atom. The van der Waals surface area contributed by atoms with E-state index in [-0.39, 0.29) is 11.7 Å². The van der Waals surface area contributed by atoms with Crippen LogP contribution in [0.25, 0.3) is 0 Å². The van der Waals surface area contributed by atoms with Gasteiger partial charge in [0.1, 0.15) is 0 Å². The van der Waals surface area contributed by atoms with Crippen LogP contribution in [0.15, 0.2) is 12.2 Å². The van der Waals surface area contributed by atoms with Crippen molar-refractivity contribution < 1.29 is 4.79 Å². The van der Waals surface area contributed by atoms with Crippen molar-refractivity contribution in [2.45, 2.75) is 27.2 Å². The molecule has 0 heterocycles. The quantitative estimate of drug-likeness (QED) is 0.530. The number of hydrogen-bond donors (Lipinski definition) is 0. The molecule has 0 aromatic carbocycles. The maximum Gasteiger partial charge on any atom is 0.158 e. The van der Waals surface area contributed by atoms with Crippen LogP contribution in [0.3, 0.4) is 0 Å². The molecule has 0 saturated heterocycles. The molecule has 0 saturated carbocycles. The predicted molar refractivity (Wildman–Crippen MR) is 39.3 cm³/mol. The summed E-state index contributed by atoms with van der Waals surface area (Å²) < 4.78 is 0. The first-order valence-electron chi connectivity index (χ1n) is 3.38. The largest absolute Gasteiger partial charge is 0.295 e. The Morgan fingerprint density at radius 2 is 2.22 bits per heavy atom. The van der Waals surface area contributed by atoms with Gasteiger partial charge in [-0.15, -0.1) is 0 Å². The van der Waals surface area contributed by atoms with Gasteiger partial charge in [0.25, 0.3) is 0 Å². The third-order valence-corrected chi connectivity index (χ3v) is 1.43. The molecule has 0 N–H and O–H groups in total. The van der Waals surface area contributed by atoms with E-state index in [4.69, 9.17) is 0 Å². The van der Waals surface area contributed by atoms with Crippen molar-refractivity contribution in [3.63, 3.8) is 0 Å². The fourth-order valence-corrected chi connectivity index (χ4v) is 0.530. The zero-order valence-corrected chi connectivity index (χ0v) is 6.35. The fourth-order valence-electron chi connectivity index (χ4n) is 0.530. The van der Waals surface area contributed by atoms with Crippen molar-refractivity contribution in [2.24, 2.45) is 5.92 Å². The third-order valence-electron chi connectivity index (χ3n) is 1.43. The van der Waals surface area contributed by atoms with Crippen molar-refractivity contribution in [3.8, 4) is 0 Å². The van der Waals surface area contributed by atoms with Gasteiger partial charge in [-0.25, -0.2) is 0 Å². The summed E-state index contributed by atoms with van der Waals surface area (Å²) in [6.07, 6.45) is 4.35. The zero-order valence-electron chi connectivity index (χ0n) is 6.35. The summed E-state index contributed by atoms with van der Waals surface area (Å²) in [5, 5.41) is 0. The minimum atomic E-state index is 0.196. The molecule has 0 aliphatic heterocycles. The first-order valence-corrected chi connectivity index (χ1v) is 3.38. The summed E-state index contributed by atoms with van der Waals surface area (Å²) in [5.41, 5.74) is 0. The molecule has 0 spiro atoms. The molecule has 0 radical (unpaired) electrons. The molecule has 0 bridgehead atoms. The van der Waals surface area contributed by atoms with Crippen molar-refractivity contribution in [1.29, 1.82) is 0 Å². The van der Waals surface area contributed by atoms with Crippen LogP contribution in [0.2, 0.25) is 0 Å². The smallest absolute Gasteiger partial charge is 0.158 e. The molecule has 1 nitrogen and oxygen atoms in total. The van der Waals surface area contributed by atoms with Gasteiger partial charge in [-0.1, -0.05) is 19.9 Å². The van der Waals surface area contributed by atoms with E-state index < -0.39 is 0 Å². The van der Waals surface area contributed by atoms with Crippen LogP contribution in [0, 0.1) is 5.92 Å².